The first-order valence-electron chi connectivity index (χ1n) is 3.95. The fourth-order valence-electron chi connectivity index (χ4n) is 0.502. The van der Waals surface area contributed by atoms with Crippen LogP contribution in [-0.2, 0) is 14.3 Å². The molecule has 4 heteroatoms. The lowest BCUT2D eigenvalue weighted by molar-refractivity contribution is -0.120. The number of ketones is 1. The van der Waals surface area contributed by atoms with E-state index in [0.29, 0.717) is 6.61 Å². The van der Waals surface area contributed by atoms with E-state index in [1.165, 1.54) is 6.92 Å². The molecule has 0 N–H and O–H groups in total. The molecule has 4 nitrogen and oxygen atoms in total. The van der Waals surface area contributed by atoms with Crippen LogP contribution in [-0.4, -0.2) is 25.2 Å². The molecule has 0 radical (unpaired) electrons. The minimum Gasteiger partial charge on any atom is -0.434 e. The topological polar surface area (TPSA) is 52.6 Å². The summed E-state index contributed by atoms with van der Waals surface area (Å²) in [6.07, 6.45) is 1.01. The van der Waals surface area contributed by atoms with Crippen LogP contribution in [0.5, 0.6) is 0 Å². The van der Waals surface area contributed by atoms with Gasteiger partial charge in [0.25, 0.3) is 0 Å². The molecule has 0 amide bonds. The number of carbonyl (C=O) groups is 2. The molecule has 0 unspecified atom stereocenters. The standard InChI is InChI=1S/C8H14O4/c1-3-4-5-11-8(10)12-6-7(2)9/h3-6H2,1-2H3. The van der Waals surface area contributed by atoms with Gasteiger partial charge in [-0.05, 0) is 13.3 Å². The summed E-state index contributed by atoms with van der Waals surface area (Å²) in [6.45, 7) is 3.49. The first-order chi connectivity index (χ1) is 5.66. The number of hydrogen-bond acceptors (Lipinski definition) is 4. The fraction of sp³-hybridized carbons (Fsp3) is 0.750. The van der Waals surface area contributed by atoms with Crippen molar-refractivity contribution in [1.82, 2.24) is 0 Å². The summed E-state index contributed by atoms with van der Waals surface area (Å²) in [5.41, 5.74) is 0. The van der Waals surface area contributed by atoms with Crippen LogP contribution in [0.2, 0.25) is 0 Å². The van der Waals surface area contributed by atoms with E-state index in [1.54, 1.807) is 0 Å². The van der Waals surface area contributed by atoms with Crippen LogP contribution in [0, 0.1) is 0 Å². The first-order valence-corrected chi connectivity index (χ1v) is 3.95. The van der Waals surface area contributed by atoms with Crippen molar-refractivity contribution < 1.29 is 19.1 Å². The van der Waals surface area contributed by atoms with Gasteiger partial charge in [-0.25, -0.2) is 4.79 Å². The molecule has 0 saturated heterocycles. The second kappa shape index (κ2) is 6.64. The smallest absolute Gasteiger partial charge is 0.434 e. The van der Waals surface area contributed by atoms with E-state index >= 15 is 0 Å². The lowest BCUT2D eigenvalue weighted by atomic mass is 10.4. The molecule has 0 aromatic carbocycles. The Morgan fingerprint density at radius 2 is 1.92 bits per heavy atom. The Bertz CT molecular complexity index is 153. The van der Waals surface area contributed by atoms with Gasteiger partial charge < -0.3 is 9.47 Å². The van der Waals surface area contributed by atoms with Crippen LogP contribution in [0.3, 0.4) is 0 Å². The molecule has 0 saturated carbocycles. The average Bonchev–Trinajstić information content (AvgIpc) is 2.01. The van der Waals surface area contributed by atoms with Gasteiger partial charge in [-0.15, -0.1) is 0 Å². The predicted octanol–water partition coefficient (Wildman–Crippen LogP) is 1.53. The van der Waals surface area contributed by atoms with E-state index in [2.05, 4.69) is 9.47 Å². The number of hydrogen-bond donors (Lipinski definition) is 0. The highest BCUT2D eigenvalue weighted by Gasteiger charge is 2.03. The molecule has 0 heterocycles. The van der Waals surface area contributed by atoms with Crippen LogP contribution < -0.4 is 0 Å². The molecule has 0 aromatic rings. The van der Waals surface area contributed by atoms with Crippen LogP contribution in [0.15, 0.2) is 0 Å². The molecule has 0 rings (SSSR count). The number of Topliss-reactive ketones (excluding diaryl/α,β-unsaturated/α-hetero) is 1. The maximum absolute atomic E-state index is 10.6. The molecule has 0 fully saturated rings. The van der Waals surface area contributed by atoms with Crippen LogP contribution in [0.25, 0.3) is 0 Å². The van der Waals surface area contributed by atoms with Gasteiger partial charge in [-0.3, -0.25) is 4.79 Å². The molecule has 0 spiro atoms. The van der Waals surface area contributed by atoms with Crippen molar-refractivity contribution in [2.45, 2.75) is 26.7 Å². The molecule has 70 valence electrons. The molecule has 0 aliphatic rings. The molecular formula is C8H14O4. The Kier molecular flexibility index (Phi) is 6.05. The van der Waals surface area contributed by atoms with E-state index in [1.807, 2.05) is 6.92 Å². The SMILES string of the molecule is CCCCOC(=O)OCC(C)=O. The van der Waals surface area contributed by atoms with Gasteiger partial charge >= 0.3 is 6.16 Å². The Hall–Kier alpha value is -1.06. The molecule has 0 aromatic heterocycles. The lowest BCUT2D eigenvalue weighted by Crippen LogP contribution is -2.13. The summed E-state index contributed by atoms with van der Waals surface area (Å²) in [4.78, 5) is 21.0. The third kappa shape index (κ3) is 7.05. The zero-order valence-corrected chi connectivity index (χ0v) is 7.46. The Morgan fingerprint density at radius 3 is 2.42 bits per heavy atom. The highest BCUT2D eigenvalue weighted by atomic mass is 16.7. The van der Waals surface area contributed by atoms with E-state index in [4.69, 9.17) is 0 Å². The second-order valence-electron chi connectivity index (χ2n) is 2.44. The zero-order chi connectivity index (χ0) is 9.40. The van der Waals surface area contributed by atoms with E-state index in [0.717, 1.165) is 12.8 Å². The lowest BCUT2D eigenvalue weighted by Gasteiger charge is -2.02. The van der Waals surface area contributed by atoms with E-state index in [9.17, 15) is 9.59 Å². The summed E-state index contributed by atoms with van der Waals surface area (Å²) in [6, 6.07) is 0. The van der Waals surface area contributed by atoms with Crippen LogP contribution in [0.1, 0.15) is 26.7 Å². The Morgan fingerprint density at radius 1 is 1.25 bits per heavy atom. The Balaban J connectivity index is 3.28. The van der Waals surface area contributed by atoms with Gasteiger partial charge in [0.2, 0.25) is 0 Å². The minimum absolute atomic E-state index is 0.192. The van der Waals surface area contributed by atoms with Crippen molar-refractivity contribution in [2.24, 2.45) is 0 Å². The third-order valence-corrected chi connectivity index (χ3v) is 1.11. The molecule has 0 bridgehead atoms. The van der Waals surface area contributed by atoms with Crippen molar-refractivity contribution in [3.05, 3.63) is 0 Å². The van der Waals surface area contributed by atoms with Crippen molar-refractivity contribution >= 4 is 11.9 Å². The average molecular weight is 174 g/mol. The van der Waals surface area contributed by atoms with Crippen LogP contribution >= 0.6 is 0 Å². The van der Waals surface area contributed by atoms with Gasteiger partial charge in [-0.1, -0.05) is 13.3 Å². The second-order valence-corrected chi connectivity index (χ2v) is 2.44. The first kappa shape index (κ1) is 10.9. The molecule has 0 atom stereocenters. The highest BCUT2D eigenvalue weighted by molar-refractivity contribution is 5.78. The number of unbranched alkanes of at least 4 members (excludes halogenated alkanes) is 1. The van der Waals surface area contributed by atoms with Gasteiger partial charge in [0.05, 0.1) is 6.61 Å². The number of carbonyl (C=O) groups excluding carboxylic acids is 2. The normalized spacial score (nSPS) is 9.17. The maximum Gasteiger partial charge on any atom is 0.508 e. The summed E-state index contributed by atoms with van der Waals surface area (Å²) in [5.74, 6) is -0.192. The fourth-order valence-corrected chi connectivity index (χ4v) is 0.502. The highest BCUT2D eigenvalue weighted by Crippen LogP contribution is 1.91. The van der Waals surface area contributed by atoms with E-state index < -0.39 is 6.16 Å². The van der Waals surface area contributed by atoms with Crippen molar-refractivity contribution in [3.63, 3.8) is 0 Å². The molecular weight excluding hydrogens is 160 g/mol. The van der Waals surface area contributed by atoms with Crippen LogP contribution in [0.4, 0.5) is 4.79 Å². The van der Waals surface area contributed by atoms with Crippen molar-refractivity contribution in [3.8, 4) is 0 Å². The maximum atomic E-state index is 10.6. The predicted molar refractivity (Wildman–Crippen MR) is 42.9 cm³/mol. The third-order valence-electron chi connectivity index (χ3n) is 1.11. The van der Waals surface area contributed by atoms with Gasteiger partial charge in [0, 0.05) is 0 Å². The monoisotopic (exact) mass is 174 g/mol. The molecule has 0 aliphatic carbocycles. The van der Waals surface area contributed by atoms with E-state index in [-0.39, 0.29) is 12.4 Å². The number of ether oxygens (including phenoxy) is 2. The largest absolute Gasteiger partial charge is 0.508 e. The molecule has 0 aliphatic heterocycles. The summed E-state index contributed by atoms with van der Waals surface area (Å²) < 4.78 is 9.06. The minimum atomic E-state index is -0.765. The summed E-state index contributed by atoms with van der Waals surface area (Å²) >= 11 is 0. The summed E-state index contributed by atoms with van der Waals surface area (Å²) in [7, 11) is 0. The quantitative estimate of drug-likeness (QED) is 0.468. The molecule has 12 heavy (non-hydrogen) atoms. The van der Waals surface area contributed by atoms with Crippen molar-refractivity contribution in [1.29, 1.82) is 0 Å². The van der Waals surface area contributed by atoms with Crippen molar-refractivity contribution in [2.75, 3.05) is 13.2 Å². The van der Waals surface area contributed by atoms with Gasteiger partial charge in [0.1, 0.15) is 0 Å². The van der Waals surface area contributed by atoms with Gasteiger partial charge in [0.15, 0.2) is 12.4 Å². The van der Waals surface area contributed by atoms with Gasteiger partial charge in [-0.2, -0.15) is 0 Å². The summed E-state index contributed by atoms with van der Waals surface area (Å²) in [5, 5.41) is 0. The Labute approximate surface area is 71.8 Å². The number of rotatable bonds is 5. The zero-order valence-electron chi connectivity index (χ0n) is 7.46.